The number of aromatic nitrogens is 2. The van der Waals surface area contributed by atoms with E-state index < -0.39 is 0 Å². The van der Waals surface area contributed by atoms with E-state index in [9.17, 15) is 19.2 Å². The van der Waals surface area contributed by atoms with Gasteiger partial charge in [0.05, 0.1) is 0 Å². The Kier molecular flexibility index (Phi) is 4.82. The number of likely N-dealkylation sites (tertiary alicyclic amines) is 1. The van der Waals surface area contributed by atoms with Crippen LogP contribution in [0.2, 0.25) is 0 Å². The molecule has 3 rings (SSSR count). The van der Waals surface area contributed by atoms with Crippen LogP contribution < -0.4 is 15.8 Å². The zero-order chi connectivity index (χ0) is 18.0. The molecule has 2 N–H and O–H groups in total. The summed E-state index contributed by atoms with van der Waals surface area (Å²) in [5, 5.41) is 2.88. The third kappa shape index (κ3) is 4.04. The highest BCUT2D eigenvalue weighted by Crippen LogP contribution is 2.16. The van der Waals surface area contributed by atoms with Crippen molar-refractivity contribution in [3.63, 3.8) is 0 Å². The molecule has 0 aliphatic carbocycles. The molecule has 0 radical (unpaired) electrons. The van der Waals surface area contributed by atoms with Crippen LogP contribution in [0.3, 0.4) is 0 Å². The van der Waals surface area contributed by atoms with Crippen LogP contribution in [0.15, 0.2) is 10.9 Å². The fourth-order valence-electron chi connectivity index (χ4n) is 3.16. The first-order valence-corrected chi connectivity index (χ1v) is 8.38. The van der Waals surface area contributed by atoms with Crippen molar-refractivity contribution >= 4 is 23.7 Å². The molecule has 3 amide bonds. The molecular weight excluding hydrogens is 326 g/mol. The van der Waals surface area contributed by atoms with Crippen molar-refractivity contribution in [3.05, 3.63) is 22.1 Å². The maximum absolute atomic E-state index is 12.1. The van der Waals surface area contributed by atoms with Gasteiger partial charge in [-0.3, -0.25) is 29.1 Å². The maximum atomic E-state index is 12.1. The van der Waals surface area contributed by atoms with E-state index in [0.717, 1.165) is 4.90 Å². The van der Waals surface area contributed by atoms with Gasteiger partial charge in [0.15, 0.2) is 0 Å². The van der Waals surface area contributed by atoms with Gasteiger partial charge in [0.2, 0.25) is 23.7 Å². The summed E-state index contributed by atoms with van der Waals surface area (Å²) < 4.78 is 0. The molecule has 9 nitrogen and oxygen atoms in total. The summed E-state index contributed by atoms with van der Waals surface area (Å²) >= 11 is 0. The molecule has 0 unspecified atom stereocenters. The highest BCUT2D eigenvalue weighted by Gasteiger charge is 2.31. The zero-order valence-corrected chi connectivity index (χ0v) is 14.1. The van der Waals surface area contributed by atoms with Crippen molar-refractivity contribution in [1.29, 1.82) is 0 Å². The van der Waals surface area contributed by atoms with Crippen LogP contribution in [0.25, 0.3) is 0 Å². The van der Waals surface area contributed by atoms with Crippen LogP contribution in [0, 0.1) is 6.92 Å². The van der Waals surface area contributed by atoms with Crippen molar-refractivity contribution < 1.29 is 14.4 Å². The number of anilines is 1. The quantitative estimate of drug-likeness (QED) is 0.697. The second-order valence-corrected chi connectivity index (χ2v) is 6.41. The first-order valence-electron chi connectivity index (χ1n) is 8.38. The van der Waals surface area contributed by atoms with Gasteiger partial charge in [-0.25, -0.2) is 4.98 Å². The second kappa shape index (κ2) is 7.04. The predicted molar refractivity (Wildman–Crippen MR) is 88.9 cm³/mol. The monoisotopic (exact) mass is 347 g/mol. The van der Waals surface area contributed by atoms with E-state index in [0.29, 0.717) is 37.6 Å². The van der Waals surface area contributed by atoms with Gasteiger partial charge >= 0.3 is 0 Å². The fourth-order valence-corrected chi connectivity index (χ4v) is 3.16. The normalized spacial score (nSPS) is 18.8. The summed E-state index contributed by atoms with van der Waals surface area (Å²) in [7, 11) is 0. The summed E-state index contributed by atoms with van der Waals surface area (Å²) in [4.78, 5) is 56.8. The van der Waals surface area contributed by atoms with E-state index in [-0.39, 0.29) is 48.7 Å². The Morgan fingerprint density at radius 3 is 2.48 bits per heavy atom. The molecule has 2 fully saturated rings. The molecule has 25 heavy (non-hydrogen) atoms. The van der Waals surface area contributed by atoms with E-state index in [2.05, 4.69) is 15.3 Å². The highest BCUT2D eigenvalue weighted by molar-refractivity contribution is 6.04. The summed E-state index contributed by atoms with van der Waals surface area (Å²) in [5.41, 5.74) is 0.479. The number of hydrogen-bond acceptors (Lipinski definition) is 6. The first-order chi connectivity index (χ1) is 11.9. The third-order valence-electron chi connectivity index (χ3n) is 4.47. The summed E-state index contributed by atoms with van der Waals surface area (Å²) in [5.74, 6) is -0.346. The number of carbonyl (C=O) groups is 3. The fraction of sp³-hybridized carbons (Fsp3) is 0.562. The molecule has 0 atom stereocenters. The highest BCUT2D eigenvalue weighted by atomic mass is 16.2. The summed E-state index contributed by atoms with van der Waals surface area (Å²) in [6, 6.07) is 1.42. The lowest BCUT2D eigenvalue weighted by Gasteiger charge is -2.33. The van der Waals surface area contributed by atoms with E-state index in [1.165, 1.54) is 6.07 Å². The predicted octanol–water partition coefficient (Wildman–Crippen LogP) is -0.688. The number of nitrogens with zero attached hydrogens (tertiary/aromatic N) is 3. The molecule has 2 aliphatic heterocycles. The average molecular weight is 347 g/mol. The number of rotatable bonds is 4. The number of aryl methyl sites for hydroxylation is 1. The Bertz CT molecular complexity index is 735. The molecule has 3 heterocycles. The number of nitrogens with one attached hydrogen (secondary N) is 2. The van der Waals surface area contributed by atoms with Crippen molar-refractivity contribution in [2.24, 2.45) is 0 Å². The van der Waals surface area contributed by atoms with Gasteiger partial charge in [-0.2, -0.15) is 0 Å². The first kappa shape index (κ1) is 17.1. The molecule has 0 aromatic carbocycles. The van der Waals surface area contributed by atoms with Crippen molar-refractivity contribution in [2.45, 2.75) is 38.6 Å². The number of carbonyl (C=O) groups excluding carboxylic acids is 3. The Hall–Kier alpha value is -2.71. The third-order valence-corrected chi connectivity index (χ3v) is 4.47. The molecular formula is C16H21N5O4. The molecule has 2 saturated heterocycles. The van der Waals surface area contributed by atoms with E-state index in [1.807, 2.05) is 4.90 Å². The minimum atomic E-state index is -0.316. The zero-order valence-electron chi connectivity index (χ0n) is 14.1. The molecule has 1 aromatic rings. The van der Waals surface area contributed by atoms with Crippen molar-refractivity contribution in [3.8, 4) is 0 Å². The lowest BCUT2D eigenvalue weighted by atomic mass is 10.1. The Morgan fingerprint density at radius 2 is 1.88 bits per heavy atom. The second-order valence-electron chi connectivity index (χ2n) is 6.41. The van der Waals surface area contributed by atoms with Crippen LogP contribution in [0.1, 0.15) is 31.4 Å². The SMILES string of the molecule is Cc1cc(=O)[nH]c(N2CCC(NC(=O)CN3C(=O)CCC3=O)CC2)n1. The van der Waals surface area contributed by atoms with Gasteiger partial charge in [-0.15, -0.1) is 0 Å². The Labute approximate surface area is 144 Å². The molecule has 0 spiro atoms. The summed E-state index contributed by atoms with van der Waals surface area (Å²) in [6.07, 6.45) is 1.77. The lowest BCUT2D eigenvalue weighted by molar-refractivity contribution is -0.142. The Morgan fingerprint density at radius 1 is 1.24 bits per heavy atom. The van der Waals surface area contributed by atoms with Gasteiger partial charge < -0.3 is 10.2 Å². The largest absolute Gasteiger partial charge is 0.352 e. The van der Waals surface area contributed by atoms with E-state index in [1.54, 1.807) is 6.92 Å². The lowest BCUT2D eigenvalue weighted by Crippen LogP contribution is -2.48. The number of hydrogen-bond donors (Lipinski definition) is 2. The topological polar surface area (TPSA) is 115 Å². The molecule has 134 valence electrons. The minimum Gasteiger partial charge on any atom is -0.352 e. The smallest absolute Gasteiger partial charge is 0.252 e. The molecule has 9 heteroatoms. The molecule has 0 saturated carbocycles. The van der Waals surface area contributed by atoms with Gasteiger partial charge in [0.25, 0.3) is 5.56 Å². The molecule has 1 aromatic heterocycles. The van der Waals surface area contributed by atoms with Gasteiger partial charge in [-0.05, 0) is 19.8 Å². The number of imide groups is 1. The van der Waals surface area contributed by atoms with Crippen LogP contribution in [0.4, 0.5) is 5.95 Å². The van der Waals surface area contributed by atoms with Gasteiger partial charge in [-0.1, -0.05) is 0 Å². The van der Waals surface area contributed by atoms with E-state index in [4.69, 9.17) is 0 Å². The van der Waals surface area contributed by atoms with Gasteiger partial charge in [0.1, 0.15) is 6.54 Å². The van der Waals surface area contributed by atoms with Crippen LogP contribution >= 0.6 is 0 Å². The standard InChI is InChI=1S/C16H21N5O4/c1-10-8-12(22)19-16(17-10)20-6-4-11(5-7-20)18-13(23)9-21-14(24)2-3-15(21)25/h8,11H,2-7,9H2,1H3,(H,18,23)(H,17,19,22). The number of aromatic amines is 1. The van der Waals surface area contributed by atoms with Crippen LogP contribution in [-0.4, -0.2) is 58.3 Å². The maximum Gasteiger partial charge on any atom is 0.252 e. The number of amides is 3. The molecule has 0 bridgehead atoms. The van der Waals surface area contributed by atoms with Gasteiger partial charge in [0, 0.05) is 43.7 Å². The van der Waals surface area contributed by atoms with Crippen LogP contribution in [0.5, 0.6) is 0 Å². The van der Waals surface area contributed by atoms with Crippen molar-refractivity contribution in [2.75, 3.05) is 24.5 Å². The molecule has 2 aliphatic rings. The number of H-pyrrole nitrogens is 1. The average Bonchev–Trinajstić information content (AvgIpc) is 2.86. The van der Waals surface area contributed by atoms with Crippen molar-refractivity contribution in [1.82, 2.24) is 20.2 Å². The van der Waals surface area contributed by atoms with E-state index >= 15 is 0 Å². The minimum absolute atomic E-state index is 0.0203. The Balaban J connectivity index is 1.50. The number of piperidine rings is 1. The van der Waals surface area contributed by atoms with Crippen LogP contribution in [-0.2, 0) is 14.4 Å². The summed E-state index contributed by atoms with van der Waals surface area (Å²) in [6.45, 7) is 2.87.